The second kappa shape index (κ2) is 8.22. The Morgan fingerprint density at radius 1 is 1.35 bits per heavy atom. The monoisotopic (exact) mass is 317 g/mol. The van der Waals surface area contributed by atoms with Crippen molar-refractivity contribution in [2.24, 2.45) is 0 Å². The molecule has 17 heavy (non-hydrogen) atoms. The molecule has 0 saturated heterocycles. The van der Waals surface area contributed by atoms with E-state index in [0.717, 1.165) is 5.02 Å². The molecule has 0 amide bonds. The van der Waals surface area contributed by atoms with Crippen LogP contribution in [0.2, 0.25) is 5.02 Å². The summed E-state index contributed by atoms with van der Waals surface area (Å²) in [6.45, 7) is 0. The summed E-state index contributed by atoms with van der Waals surface area (Å²) in [7, 11) is -6.96. The average molecular weight is 318 g/mol. The summed E-state index contributed by atoms with van der Waals surface area (Å²) in [6, 6.07) is 7.81. The van der Waals surface area contributed by atoms with Crippen LogP contribution in [0.5, 0.6) is 0 Å². The summed E-state index contributed by atoms with van der Waals surface area (Å²) in [5.74, 6) is -0.942. The molecule has 1 rings (SSSR count). The number of thioether (sulfide) groups is 1. The fourth-order valence-electron chi connectivity index (χ4n) is 0.728. The van der Waals surface area contributed by atoms with E-state index in [1.54, 1.807) is 11.8 Å². The van der Waals surface area contributed by atoms with Crippen LogP contribution in [0.25, 0.3) is 0 Å². The first kappa shape index (κ1) is 17.1. The van der Waals surface area contributed by atoms with Gasteiger partial charge in [0.15, 0.2) is 0 Å². The molecule has 9 heteroatoms. The summed E-state index contributed by atoms with van der Waals surface area (Å²) in [4.78, 5) is 25.1. The van der Waals surface area contributed by atoms with E-state index in [2.05, 4.69) is 0 Å². The lowest BCUT2D eigenvalue weighted by Crippen LogP contribution is -1.78. The minimum Gasteiger partial charge on any atom is -0.321 e. The SMILES string of the molecule is CSc1ccc(Cl)cc1.O=[P+](O)CP(=O)(O)O. The molecule has 0 spiro atoms. The molecule has 0 fully saturated rings. The van der Waals surface area contributed by atoms with Gasteiger partial charge < -0.3 is 9.79 Å². The molecule has 1 aromatic rings. The third kappa shape index (κ3) is 10.9. The molecule has 0 aliphatic rings. The molecule has 5 nitrogen and oxygen atoms in total. The maximum atomic E-state index is 9.79. The van der Waals surface area contributed by atoms with Crippen LogP contribution in [0, 0.1) is 0 Å². The lowest BCUT2D eigenvalue weighted by atomic mass is 10.4. The van der Waals surface area contributed by atoms with Crippen molar-refractivity contribution >= 4 is 39.0 Å². The Hall–Kier alpha value is 0.0700. The van der Waals surface area contributed by atoms with E-state index in [1.807, 2.05) is 30.5 Å². The summed E-state index contributed by atoms with van der Waals surface area (Å²) >= 11 is 7.38. The van der Waals surface area contributed by atoms with Gasteiger partial charge >= 0.3 is 15.6 Å². The fraction of sp³-hybridized carbons (Fsp3) is 0.250. The van der Waals surface area contributed by atoms with Crippen molar-refractivity contribution in [3.63, 3.8) is 0 Å². The van der Waals surface area contributed by atoms with Gasteiger partial charge in [0.05, 0.1) is 0 Å². The van der Waals surface area contributed by atoms with Crippen LogP contribution in [-0.4, -0.2) is 26.8 Å². The highest BCUT2D eigenvalue weighted by Crippen LogP contribution is 2.42. The number of hydrogen-bond donors (Lipinski definition) is 3. The van der Waals surface area contributed by atoms with Crippen LogP contribution in [0.4, 0.5) is 0 Å². The maximum absolute atomic E-state index is 9.79. The Balaban J connectivity index is 0.000000304. The number of benzene rings is 1. The highest BCUT2D eigenvalue weighted by molar-refractivity contribution is 7.98. The largest absolute Gasteiger partial charge is 0.518 e. The van der Waals surface area contributed by atoms with Crippen LogP contribution in [0.15, 0.2) is 29.2 Å². The topological polar surface area (TPSA) is 94.8 Å². The molecule has 1 unspecified atom stereocenters. The first-order valence-corrected chi connectivity index (χ1v) is 9.02. The van der Waals surface area contributed by atoms with Crippen molar-refractivity contribution in [1.29, 1.82) is 0 Å². The minimum absolute atomic E-state index is 0.799. The molecule has 3 N–H and O–H groups in total. The highest BCUT2D eigenvalue weighted by Gasteiger charge is 2.27. The van der Waals surface area contributed by atoms with Crippen LogP contribution in [0.1, 0.15) is 0 Å². The Morgan fingerprint density at radius 3 is 2.06 bits per heavy atom. The molecule has 0 aromatic heterocycles. The van der Waals surface area contributed by atoms with Crippen LogP contribution in [0.3, 0.4) is 0 Å². The predicted molar refractivity (Wildman–Crippen MR) is 70.0 cm³/mol. The number of halogens is 1. The fourth-order valence-corrected chi connectivity index (χ4v) is 2.52. The van der Waals surface area contributed by atoms with Crippen LogP contribution in [-0.2, 0) is 9.13 Å². The Labute approximate surface area is 109 Å². The van der Waals surface area contributed by atoms with Crippen LogP contribution >= 0.6 is 39.0 Å². The molecule has 0 bridgehead atoms. The second-order valence-corrected chi connectivity index (χ2v) is 7.30. The summed E-state index contributed by atoms with van der Waals surface area (Å²) in [5, 5.41) is 0.799. The first-order chi connectivity index (χ1) is 7.74. The van der Waals surface area contributed by atoms with Gasteiger partial charge in [0.25, 0.3) is 5.90 Å². The Kier molecular flexibility index (Phi) is 8.25. The number of rotatable bonds is 3. The molecule has 0 heterocycles. The lowest BCUT2D eigenvalue weighted by Gasteiger charge is -1.92. The third-order valence-corrected chi connectivity index (χ3v) is 4.79. The van der Waals surface area contributed by atoms with E-state index >= 15 is 0 Å². The zero-order chi connectivity index (χ0) is 13.5. The third-order valence-electron chi connectivity index (χ3n) is 1.35. The van der Waals surface area contributed by atoms with Gasteiger partial charge in [0, 0.05) is 9.92 Å². The molecule has 1 aromatic carbocycles. The highest BCUT2D eigenvalue weighted by atomic mass is 35.5. The second-order valence-electron chi connectivity index (χ2n) is 2.82. The quantitative estimate of drug-likeness (QED) is 0.586. The normalized spacial score (nSPS) is 11.5. The van der Waals surface area contributed by atoms with Gasteiger partial charge in [-0.2, -0.15) is 4.89 Å². The van der Waals surface area contributed by atoms with E-state index in [0.29, 0.717) is 0 Å². The zero-order valence-corrected chi connectivity index (χ0v) is 12.2. The first-order valence-electron chi connectivity index (χ1n) is 4.22. The van der Waals surface area contributed by atoms with Gasteiger partial charge in [0.1, 0.15) is 0 Å². The predicted octanol–water partition coefficient (Wildman–Crippen LogP) is 2.92. The molecular formula is C8H12ClO5P2S+. The molecule has 0 radical (unpaired) electrons. The molecule has 0 aliphatic heterocycles. The maximum Gasteiger partial charge on any atom is 0.518 e. The van der Waals surface area contributed by atoms with E-state index in [1.165, 1.54) is 4.90 Å². The van der Waals surface area contributed by atoms with Crippen molar-refractivity contribution in [3.05, 3.63) is 29.3 Å². The smallest absolute Gasteiger partial charge is 0.321 e. The Morgan fingerprint density at radius 2 is 1.82 bits per heavy atom. The minimum atomic E-state index is -4.26. The van der Waals surface area contributed by atoms with Gasteiger partial charge in [-0.15, -0.1) is 11.8 Å². The van der Waals surface area contributed by atoms with Gasteiger partial charge in [-0.25, -0.2) is 0 Å². The standard InChI is InChI=1S/C7H7ClS.CH4O5P2/c1-9-7-4-2-6(8)3-5-7;2-7(3)1-8(4,5)6/h2-5H,1H3;1H2,(H2-,2,3,4,5,6)/p+1. The molecule has 96 valence electrons. The number of hydrogen-bond acceptors (Lipinski definition) is 3. The van der Waals surface area contributed by atoms with Crippen molar-refractivity contribution in [2.45, 2.75) is 4.90 Å². The zero-order valence-electron chi connectivity index (χ0n) is 8.86. The average Bonchev–Trinajstić information content (AvgIpc) is 2.16. The summed E-state index contributed by atoms with van der Waals surface area (Å²) in [5.41, 5.74) is 0. The van der Waals surface area contributed by atoms with Gasteiger partial charge in [-0.3, -0.25) is 4.57 Å². The van der Waals surface area contributed by atoms with Crippen LogP contribution < -0.4 is 0 Å². The molecule has 0 saturated carbocycles. The van der Waals surface area contributed by atoms with Crippen molar-refractivity contribution in [3.8, 4) is 0 Å². The van der Waals surface area contributed by atoms with Crippen molar-refractivity contribution < 1.29 is 23.8 Å². The summed E-state index contributed by atoms with van der Waals surface area (Å²) < 4.78 is 19.5. The van der Waals surface area contributed by atoms with Gasteiger partial charge in [0.2, 0.25) is 0 Å². The lowest BCUT2D eigenvalue weighted by molar-refractivity contribution is 0.377. The van der Waals surface area contributed by atoms with Crippen molar-refractivity contribution in [1.82, 2.24) is 0 Å². The van der Waals surface area contributed by atoms with Gasteiger partial charge in [-0.1, -0.05) is 11.6 Å². The molecule has 0 aliphatic carbocycles. The van der Waals surface area contributed by atoms with E-state index < -0.39 is 21.5 Å². The van der Waals surface area contributed by atoms with E-state index in [4.69, 9.17) is 26.3 Å². The van der Waals surface area contributed by atoms with E-state index in [-0.39, 0.29) is 0 Å². The molecule has 1 atom stereocenters. The Bertz CT molecular complexity index is 405. The van der Waals surface area contributed by atoms with Crippen molar-refractivity contribution in [2.75, 3.05) is 12.2 Å². The molecular weight excluding hydrogens is 306 g/mol. The summed E-state index contributed by atoms with van der Waals surface area (Å²) in [6.07, 6.45) is 2.04. The van der Waals surface area contributed by atoms with Gasteiger partial charge in [-0.05, 0) is 35.1 Å². The van der Waals surface area contributed by atoms with E-state index in [9.17, 15) is 9.13 Å².